The summed E-state index contributed by atoms with van der Waals surface area (Å²) in [4.78, 5) is 10.6. The number of carbonyl (C=O) groups is 1. The molecule has 0 bridgehead atoms. The molecule has 19 heavy (non-hydrogen) atoms. The SMILES string of the molecule is COc1ccc(C(C)C)cc1NCCC(N)C(=O)O. The van der Waals surface area contributed by atoms with Gasteiger partial charge >= 0.3 is 5.97 Å². The van der Waals surface area contributed by atoms with Crippen molar-refractivity contribution in [3.63, 3.8) is 0 Å². The minimum Gasteiger partial charge on any atom is -0.495 e. The lowest BCUT2D eigenvalue weighted by atomic mass is 10.0. The van der Waals surface area contributed by atoms with Crippen molar-refractivity contribution in [2.75, 3.05) is 19.0 Å². The number of ether oxygens (including phenoxy) is 1. The van der Waals surface area contributed by atoms with E-state index in [1.165, 1.54) is 5.56 Å². The summed E-state index contributed by atoms with van der Waals surface area (Å²) in [5, 5.41) is 11.9. The summed E-state index contributed by atoms with van der Waals surface area (Å²) in [6.45, 7) is 4.73. The molecule has 0 aliphatic heterocycles. The van der Waals surface area contributed by atoms with Gasteiger partial charge in [-0.3, -0.25) is 4.79 Å². The number of hydrogen-bond acceptors (Lipinski definition) is 4. The zero-order valence-corrected chi connectivity index (χ0v) is 11.6. The Labute approximate surface area is 113 Å². The number of carboxylic acids is 1. The van der Waals surface area contributed by atoms with Gasteiger partial charge in [0.2, 0.25) is 0 Å². The van der Waals surface area contributed by atoms with Gasteiger partial charge in [0.1, 0.15) is 11.8 Å². The van der Waals surface area contributed by atoms with Crippen LogP contribution in [0.2, 0.25) is 0 Å². The summed E-state index contributed by atoms with van der Waals surface area (Å²) < 4.78 is 5.27. The first-order valence-corrected chi connectivity index (χ1v) is 6.36. The van der Waals surface area contributed by atoms with E-state index in [1.54, 1.807) is 7.11 Å². The highest BCUT2D eigenvalue weighted by atomic mass is 16.5. The highest BCUT2D eigenvalue weighted by Crippen LogP contribution is 2.28. The molecule has 0 amide bonds. The monoisotopic (exact) mass is 266 g/mol. The number of benzene rings is 1. The smallest absolute Gasteiger partial charge is 0.320 e. The number of carboxylic acid groups (broad SMARTS) is 1. The fraction of sp³-hybridized carbons (Fsp3) is 0.500. The molecule has 1 unspecified atom stereocenters. The van der Waals surface area contributed by atoms with E-state index in [0.717, 1.165) is 11.4 Å². The zero-order valence-electron chi connectivity index (χ0n) is 11.6. The topological polar surface area (TPSA) is 84.6 Å². The summed E-state index contributed by atoms with van der Waals surface area (Å²) in [5.74, 6) is 0.186. The molecule has 0 saturated carbocycles. The van der Waals surface area contributed by atoms with E-state index in [2.05, 4.69) is 19.2 Å². The number of methoxy groups -OCH3 is 1. The fourth-order valence-corrected chi connectivity index (χ4v) is 1.71. The summed E-state index contributed by atoms with van der Waals surface area (Å²) in [6, 6.07) is 5.12. The molecule has 0 radical (unpaired) electrons. The maximum absolute atomic E-state index is 10.6. The molecule has 4 N–H and O–H groups in total. The first-order chi connectivity index (χ1) is 8.95. The zero-order chi connectivity index (χ0) is 14.4. The molecule has 0 heterocycles. The van der Waals surface area contributed by atoms with Crippen LogP contribution in [0.3, 0.4) is 0 Å². The van der Waals surface area contributed by atoms with Crippen LogP contribution >= 0.6 is 0 Å². The van der Waals surface area contributed by atoms with Crippen LogP contribution in [0, 0.1) is 0 Å². The van der Waals surface area contributed by atoms with Crippen LogP contribution in [0.5, 0.6) is 5.75 Å². The largest absolute Gasteiger partial charge is 0.495 e. The highest BCUT2D eigenvalue weighted by molar-refractivity contribution is 5.73. The van der Waals surface area contributed by atoms with Gasteiger partial charge in [-0.2, -0.15) is 0 Å². The second kappa shape index (κ2) is 6.99. The number of aliphatic carboxylic acids is 1. The van der Waals surface area contributed by atoms with Crippen LogP contribution < -0.4 is 15.8 Å². The average Bonchev–Trinajstić information content (AvgIpc) is 2.38. The Morgan fingerprint density at radius 1 is 1.47 bits per heavy atom. The van der Waals surface area contributed by atoms with Crippen molar-refractivity contribution in [2.24, 2.45) is 5.73 Å². The molecular formula is C14H22N2O3. The Balaban J connectivity index is 2.70. The van der Waals surface area contributed by atoms with Crippen molar-refractivity contribution < 1.29 is 14.6 Å². The molecule has 5 nitrogen and oxygen atoms in total. The molecule has 0 aromatic heterocycles. The Kier molecular flexibility index (Phi) is 5.63. The van der Waals surface area contributed by atoms with Crippen molar-refractivity contribution in [2.45, 2.75) is 32.2 Å². The first-order valence-electron chi connectivity index (χ1n) is 6.36. The maximum Gasteiger partial charge on any atom is 0.320 e. The Bertz CT molecular complexity index is 433. The van der Waals surface area contributed by atoms with E-state index < -0.39 is 12.0 Å². The Morgan fingerprint density at radius 2 is 2.16 bits per heavy atom. The number of nitrogens with two attached hydrogens (primary N) is 1. The normalized spacial score (nSPS) is 12.3. The summed E-state index contributed by atoms with van der Waals surface area (Å²) in [7, 11) is 1.61. The molecule has 1 aromatic rings. The number of hydrogen-bond donors (Lipinski definition) is 3. The number of nitrogens with one attached hydrogen (secondary N) is 1. The lowest BCUT2D eigenvalue weighted by Gasteiger charge is -2.15. The van der Waals surface area contributed by atoms with E-state index >= 15 is 0 Å². The molecule has 0 spiro atoms. The third-order valence-electron chi connectivity index (χ3n) is 2.98. The molecule has 5 heteroatoms. The molecule has 106 valence electrons. The number of rotatable bonds is 7. The van der Waals surface area contributed by atoms with Gasteiger partial charge in [0.05, 0.1) is 12.8 Å². The number of anilines is 1. The third kappa shape index (κ3) is 4.44. The van der Waals surface area contributed by atoms with Gasteiger partial charge in [-0.15, -0.1) is 0 Å². The van der Waals surface area contributed by atoms with Crippen molar-refractivity contribution in [3.8, 4) is 5.75 Å². The van der Waals surface area contributed by atoms with E-state index in [-0.39, 0.29) is 0 Å². The molecule has 0 fully saturated rings. The predicted octanol–water partition coefficient (Wildman–Crippen LogP) is 2.03. The van der Waals surface area contributed by atoms with E-state index in [9.17, 15) is 4.79 Å². The first kappa shape index (κ1) is 15.3. The molecule has 1 rings (SSSR count). The molecule has 1 atom stereocenters. The quantitative estimate of drug-likeness (QED) is 0.703. The maximum atomic E-state index is 10.6. The van der Waals surface area contributed by atoms with Crippen LogP contribution in [-0.2, 0) is 4.79 Å². The molecule has 0 aliphatic carbocycles. The standard InChI is InChI=1S/C14H22N2O3/c1-9(2)10-4-5-13(19-3)12(8-10)16-7-6-11(15)14(17)18/h4-5,8-9,11,16H,6-7,15H2,1-3H3,(H,17,18). The highest BCUT2D eigenvalue weighted by Gasteiger charge is 2.11. The lowest BCUT2D eigenvalue weighted by Crippen LogP contribution is -2.32. The molecule has 0 aliphatic rings. The van der Waals surface area contributed by atoms with Gasteiger partial charge in [0.15, 0.2) is 0 Å². The van der Waals surface area contributed by atoms with Gasteiger partial charge in [-0.05, 0) is 30.0 Å². The van der Waals surface area contributed by atoms with Crippen molar-refractivity contribution in [3.05, 3.63) is 23.8 Å². The van der Waals surface area contributed by atoms with Crippen LogP contribution in [-0.4, -0.2) is 30.8 Å². The van der Waals surface area contributed by atoms with Gasteiger partial charge in [-0.1, -0.05) is 19.9 Å². The van der Waals surface area contributed by atoms with Crippen LogP contribution in [0.1, 0.15) is 31.7 Å². The van der Waals surface area contributed by atoms with Gasteiger partial charge < -0.3 is 20.9 Å². The minimum absolute atomic E-state index is 0.365. The van der Waals surface area contributed by atoms with Crippen LogP contribution in [0.4, 0.5) is 5.69 Å². The summed E-state index contributed by atoms with van der Waals surface area (Å²) in [5.41, 5.74) is 7.53. The Morgan fingerprint density at radius 3 is 2.68 bits per heavy atom. The van der Waals surface area contributed by atoms with Crippen LogP contribution in [0.15, 0.2) is 18.2 Å². The second-order valence-corrected chi connectivity index (χ2v) is 4.77. The molecule has 0 saturated heterocycles. The van der Waals surface area contributed by atoms with E-state index in [1.807, 2.05) is 18.2 Å². The molecular weight excluding hydrogens is 244 g/mol. The lowest BCUT2D eigenvalue weighted by molar-refractivity contribution is -0.138. The Hall–Kier alpha value is -1.75. The summed E-state index contributed by atoms with van der Waals surface area (Å²) in [6.07, 6.45) is 0.365. The predicted molar refractivity (Wildman–Crippen MR) is 75.8 cm³/mol. The van der Waals surface area contributed by atoms with Crippen molar-refractivity contribution in [1.29, 1.82) is 0 Å². The van der Waals surface area contributed by atoms with E-state index in [0.29, 0.717) is 18.9 Å². The van der Waals surface area contributed by atoms with Crippen LogP contribution in [0.25, 0.3) is 0 Å². The summed E-state index contributed by atoms with van der Waals surface area (Å²) >= 11 is 0. The second-order valence-electron chi connectivity index (χ2n) is 4.77. The van der Waals surface area contributed by atoms with Crippen molar-refractivity contribution >= 4 is 11.7 Å². The third-order valence-corrected chi connectivity index (χ3v) is 2.98. The van der Waals surface area contributed by atoms with Gasteiger partial charge in [-0.25, -0.2) is 0 Å². The van der Waals surface area contributed by atoms with E-state index in [4.69, 9.17) is 15.6 Å². The van der Waals surface area contributed by atoms with Gasteiger partial charge in [0.25, 0.3) is 0 Å². The van der Waals surface area contributed by atoms with Crippen molar-refractivity contribution in [1.82, 2.24) is 0 Å². The minimum atomic E-state index is -0.982. The average molecular weight is 266 g/mol. The van der Waals surface area contributed by atoms with Gasteiger partial charge in [0, 0.05) is 6.54 Å². The fourth-order valence-electron chi connectivity index (χ4n) is 1.71. The molecule has 1 aromatic carbocycles.